The van der Waals surface area contributed by atoms with Gasteiger partial charge in [-0.15, -0.1) is 0 Å². The monoisotopic (exact) mass is 245 g/mol. The molecule has 5 heteroatoms. The molecule has 0 aromatic carbocycles. The lowest BCUT2D eigenvalue weighted by Gasteiger charge is -2.14. The third kappa shape index (κ3) is 5.49. The molecular weight excluding hydrogens is 226 g/mol. The number of rotatable bonds is 8. The van der Waals surface area contributed by atoms with Crippen molar-refractivity contribution in [2.24, 2.45) is 0 Å². The van der Waals surface area contributed by atoms with E-state index in [1.807, 2.05) is 11.8 Å². The van der Waals surface area contributed by atoms with E-state index in [0.717, 1.165) is 16.6 Å². The van der Waals surface area contributed by atoms with Gasteiger partial charge in [-0.1, -0.05) is 25.6 Å². The molecular formula is C10H19N3S2. The minimum atomic E-state index is 0.685. The number of hydrogen-bond acceptors (Lipinski definition) is 5. The summed E-state index contributed by atoms with van der Waals surface area (Å²) >= 11 is 3.30. The Bertz CT molecular complexity index is 239. The smallest absolute Gasteiger partial charge is 0.169 e. The van der Waals surface area contributed by atoms with Crippen LogP contribution >= 0.6 is 23.3 Å². The average Bonchev–Trinajstić information content (AvgIpc) is 2.75. The minimum Gasteiger partial charge on any atom is -0.314 e. The Hall–Kier alpha value is -0.130. The summed E-state index contributed by atoms with van der Waals surface area (Å²) in [5.41, 5.74) is 0. The standard InChI is InChI=1S/C10H19N3S2/c1-3-9(11-4-2)6-5-7-14-10-12-8-13-15-10/h8-9,11H,3-7H2,1-2H3. The Morgan fingerprint density at radius 2 is 2.40 bits per heavy atom. The molecule has 0 aliphatic rings. The highest BCUT2D eigenvalue weighted by molar-refractivity contribution is 8.00. The number of nitrogens with zero attached hydrogens (tertiary/aromatic N) is 2. The van der Waals surface area contributed by atoms with E-state index in [-0.39, 0.29) is 0 Å². The fourth-order valence-electron chi connectivity index (χ4n) is 1.45. The van der Waals surface area contributed by atoms with Crippen molar-refractivity contribution >= 4 is 23.3 Å². The van der Waals surface area contributed by atoms with Gasteiger partial charge in [-0.3, -0.25) is 0 Å². The molecule has 15 heavy (non-hydrogen) atoms. The normalized spacial score (nSPS) is 12.9. The maximum atomic E-state index is 4.14. The van der Waals surface area contributed by atoms with E-state index in [1.54, 1.807) is 6.33 Å². The molecule has 1 aromatic rings. The first-order valence-corrected chi connectivity index (χ1v) is 7.25. The highest BCUT2D eigenvalue weighted by Crippen LogP contribution is 2.19. The quantitative estimate of drug-likeness (QED) is 0.564. The Labute approximate surface area is 100 Å². The Balaban J connectivity index is 2.05. The van der Waals surface area contributed by atoms with Crippen molar-refractivity contribution in [2.75, 3.05) is 12.3 Å². The van der Waals surface area contributed by atoms with Crippen LogP contribution in [0.25, 0.3) is 0 Å². The summed E-state index contributed by atoms with van der Waals surface area (Å²) in [6.07, 6.45) is 5.35. The van der Waals surface area contributed by atoms with Gasteiger partial charge in [0.25, 0.3) is 0 Å². The molecule has 0 spiro atoms. The molecule has 1 N–H and O–H groups in total. The third-order valence-electron chi connectivity index (χ3n) is 2.25. The van der Waals surface area contributed by atoms with Crippen molar-refractivity contribution in [1.82, 2.24) is 14.7 Å². The van der Waals surface area contributed by atoms with Crippen molar-refractivity contribution < 1.29 is 0 Å². The van der Waals surface area contributed by atoms with Crippen LogP contribution in [0.2, 0.25) is 0 Å². The number of thioether (sulfide) groups is 1. The van der Waals surface area contributed by atoms with Crippen molar-refractivity contribution in [3.8, 4) is 0 Å². The molecule has 86 valence electrons. The molecule has 1 atom stereocenters. The summed E-state index contributed by atoms with van der Waals surface area (Å²) in [5, 5.41) is 3.49. The lowest BCUT2D eigenvalue weighted by Crippen LogP contribution is -2.27. The van der Waals surface area contributed by atoms with Gasteiger partial charge in [0.05, 0.1) is 0 Å². The van der Waals surface area contributed by atoms with Gasteiger partial charge in [0.15, 0.2) is 4.34 Å². The van der Waals surface area contributed by atoms with Crippen LogP contribution in [0.5, 0.6) is 0 Å². The average molecular weight is 245 g/mol. The van der Waals surface area contributed by atoms with E-state index in [2.05, 4.69) is 28.5 Å². The zero-order chi connectivity index (χ0) is 10.9. The lowest BCUT2D eigenvalue weighted by atomic mass is 10.1. The van der Waals surface area contributed by atoms with Gasteiger partial charge in [0.1, 0.15) is 6.33 Å². The van der Waals surface area contributed by atoms with Gasteiger partial charge >= 0.3 is 0 Å². The molecule has 0 aliphatic carbocycles. The van der Waals surface area contributed by atoms with Crippen LogP contribution < -0.4 is 5.32 Å². The Morgan fingerprint density at radius 1 is 1.53 bits per heavy atom. The minimum absolute atomic E-state index is 0.685. The van der Waals surface area contributed by atoms with E-state index in [1.165, 1.54) is 30.8 Å². The number of aromatic nitrogens is 2. The molecule has 1 heterocycles. The first-order valence-electron chi connectivity index (χ1n) is 5.49. The van der Waals surface area contributed by atoms with Gasteiger partial charge in [-0.25, -0.2) is 4.98 Å². The molecule has 0 fully saturated rings. The van der Waals surface area contributed by atoms with Crippen LogP contribution in [0, 0.1) is 0 Å². The van der Waals surface area contributed by atoms with Crippen molar-refractivity contribution in [1.29, 1.82) is 0 Å². The van der Waals surface area contributed by atoms with E-state index >= 15 is 0 Å². The summed E-state index contributed by atoms with van der Waals surface area (Å²) in [4.78, 5) is 4.14. The van der Waals surface area contributed by atoms with Crippen molar-refractivity contribution in [3.05, 3.63) is 6.33 Å². The van der Waals surface area contributed by atoms with Crippen LogP contribution in [-0.4, -0.2) is 27.7 Å². The van der Waals surface area contributed by atoms with Crippen molar-refractivity contribution in [3.63, 3.8) is 0 Å². The summed E-state index contributed by atoms with van der Waals surface area (Å²) in [6, 6.07) is 0.685. The predicted molar refractivity (Wildman–Crippen MR) is 67.6 cm³/mol. The topological polar surface area (TPSA) is 37.8 Å². The molecule has 1 unspecified atom stereocenters. The molecule has 1 aromatic heterocycles. The second-order valence-electron chi connectivity index (χ2n) is 3.36. The zero-order valence-electron chi connectivity index (χ0n) is 9.40. The zero-order valence-corrected chi connectivity index (χ0v) is 11.0. The first-order chi connectivity index (χ1) is 7.36. The molecule has 0 bridgehead atoms. The molecule has 0 radical (unpaired) electrons. The summed E-state index contributed by atoms with van der Waals surface area (Å²) in [7, 11) is 0. The van der Waals surface area contributed by atoms with Gasteiger partial charge in [0.2, 0.25) is 0 Å². The predicted octanol–water partition coefficient (Wildman–Crippen LogP) is 2.80. The number of nitrogens with one attached hydrogen (secondary N) is 1. The van der Waals surface area contributed by atoms with Crippen LogP contribution in [0.15, 0.2) is 10.7 Å². The highest BCUT2D eigenvalue weighted by atomic mass is 32.2. The maximum Gasteiger partial charge on any atom is 0.169 e. The van der Waals surface area contributed by atoms with E-state index < -0.39 is 0 Å². The maximum absolute atomic E-state index is 4.14. The van der Waals surface area contributed by atoms with Gasteiger partial charge < -0.3 is 5.32 Å². The van der Waals surface area contributed by atoms with Crippen molar-refractivity contribution in [2.45, 2.75) is 43.5 Å². The second-order valence-corrected chi connectivity index (χ2v) is 5.48. The SMILES string of the molecule is CCNC(CC)CCCSc1ncns1. The van der Waals surface area contributed by atoms with Crippen LogP contribution in [0.4, 0.5) is 0 Å². The molecule has 3 nitrogen and oxygen atoms in total. The molecule has 1 rings (SSSR count). The van der Waals surface area contributed by atoms with E-state index in [9.17, 15) is 0 Å². The van der Waals surface area contributed by atoms with E-state index in [0.29, 0.717) is 6.04 Å². The van der Waals surface area contributed by atoms with Gasteiger partial charge in [-0.05, 0) is 37.3 Å². The largest absolute Gasteiger partial charge is 0.314 e. The Morgan fingerprint density at radius 3 is 3.00 bits per heavy atom. The summed E-state index contributed by atoms with van der Waals surface area (Å²) in [6.45, 7) is 5.48. The fraction of sp³-hybridized carbons (Fsp3) is 0.800. The molecule has 0 amide bonds. The molecule has 0 saturated heterocycles. The Kier molecular flexibility index (Phi) is 6.96. The van der Waals surface area contributed by atoms with Crippen LogP contribution in [0.3, 0.4) is 0 Å². The van der Waals surface area contributed by atoms with Gasteiger partial charge in [-0.2, -0.15) is 4.37 Å². The van der Waals surface area contributed by atoms with Crippen LogP contribution in [-0.2, 0) is 0 Å². The summed E-state index contributed by atoms with van der Waals surface area (Å²) < 4.78 is 5.07. The lowest BCUT2D eigenvalue weighted by molar-refractivity contribution is 0.477. The van der Waals surface area contributed by atoms with Gasteiger partial charge in [0, 0.05) is 11.8 Å². The molecule has 0 saturated carbocycles. The first kappa shape index (κ1) is 12.9. The fourth-order valence-corrected chi connectivity index (χ4v) is 2.93. The summed E-state index contributed by atoms with van der Waals surface area (Å²) in [5.74, 6) is 1.15. The van der Waals surface area contributed by atoms with Crippen LogP contribution in [0.1, 0.15) is 33.1 Å². The third-order valence-corrected chi connectivity index (χ3v) is 4.13. The van der Waals surface area contributed by atoms with E-state index in [4.69, 9.17) is 0 Å². The highest BCUT2D eigenvalue weighted by Gasteiger charge is 2.04. The second kappa shape index (κ2) is 8.07. The molecule has 0 aliphatic heterocycles. The number of hydrogen-bond donors (Lipinski definition) is 1.